The van der Waals surface area contributed by atoms with Crippen molar-refractivity contribution in [2.45, 2.75) is 19.8 Å². The van der Waals surface area contributed by atoms with Gasteiger partial charge in [-0.05, 0) is 22.9 Å². The lowest BCUT2D eigenvalue weighted by Crippen LogP contribution is -1.88. The van der Waals surface area contributed by atoms with E-state index in [4.69, 9.17) is 6.57 Å². The molecule has 1 nitrogen and oxygen atoms in total. The Morgan fingerprint density at radius 1 is 1.40 bits per heavy atom. The van der Waals surface area contributed by atoms with Crippen molar-refractivity contribution in [2.24, 2.45) is 0 Å². The molecule has 0 fully saturated rings. The highest BCUT2D eigenvalue weighted by molar-refractivity contribution is 7.17. The molecule has 76 valence electrons. The summed E-state index contributed by atoms with van der Waals surface area (Å²) in [6, 6.07) is 3.27. The van der Waals surface area contributed by atoms with Crippen molar-refractivity contribution in [3.63, 3.8) is 0 Å². The first-order chi connectivity index (χ1) is 7.15. The Morgan fingerprint density at radius 3 is 2.73 bits per heavy atom. The standard InChI is InChI=1S/C12H10FNS/c1-7(2)8-4-5-9(13)12-11(8)10(14-3)6-15-12/h4-7H,1-2H3. The Morgan fingerprint density at radius 2 is 2.13 bits per heavy atom. The molecule has 15 heavy (non-hydrogen) atoms. The van der Waals surface area contributed by atoms with E-state index >= 15 is 0 Å². The van der Waals surface area contributed by atoms with E-state index in [9.17, 15) is 4.39 Å². The lowest BCUT2D eigenvalue weighted by Gasteiger charge is -2.08. The third-order valence-electron chi connectivity index (χ3n) is 2.43. The Hall–Kier alpha value is -1.40. The number of hydrogen-bond donors (Lipinski definition) is 0. The number of halogens is 1. The van der Waals surface area contributed by atoms with Crippen molar-refractivity contribution < 1.29 is 4.39 Å². The lowest BCUT2D eigenvalue weighted by atomic mass is 9.99. The maximum atomic E-state index is 13.5. The van der Waals surface area contributed by atoms with Gasteiger partial charge >= 0.3 is 0 Å². The second-order valence-corrected chi connectivity index (χ2v) is 4.61. The first-order valence-electron chi connectivity index (χ1n) is 4.72. The number of rotatable bonds is 1. The van der Waals surface area contributed by atoms with Gasteiger partial charge in [-0.3, -0.25) is 0 Å². The number of fused-ring (bicyclic) bond motifs is 1. The van der Waals surface area contributed by atoms with Crippen molar-refractivity contribution in [3.8, 4) is 0 Å². The van der Waals surface area contributed by atoms with E-state index in [1.165, 1.54) is 17.4 Å². The van der Waals surface area contributed by atoms with E-state index in [0.29, 0.717) is 16.3 Å². The molecule has 2 aromatic rings. The average Bonchev–Trinajstić information content (AvgIpc) is 2.62. The van der Waals surface area contributed by atoms with Crippen molar-refractivity contribution in [2.75, 3.05) is 0 Å². The zero-order valence-corrected chi connectivity index (χ0v) is 9.36. The molecule has 1 heterocycles. The molecule has 0 aliphatic heterocycles. The van der Waals surface area contributed by atoms with Gasteiger partial charge in [-0.15, -0.1) is 0 Å². The van der Waals surface area contributed by atoms with Gasteiger partial charge in [0.05, 0.1) is 11.3 Å². The molecule has 0 unspecified atom stereocenters. The molecular weight excluding hydrogens is 209 g/mol. The smallest absolute Gasteiger partial charge is 0.205 e. The van der Waals surface area contributed by atoms with Crippen molar-refractivity contribution >= 4 is 27.1 Å². The highest BCUT2D eigenvalue weighted by Crippen LogP contribution is 2.39. The molecule has 0 bridgehead atoms. The van der Waals surface area contributed by atoms with Crippen LogP contribution in [-0.4, -0.2) is 0 Å². The molecule has 1 aromatic heterocycles. The van der Waals surface area contributed by atoms with Crippen molar-refractivity contribution in [1.82, 2.24) is 0 Å². The molecule has 0 aliphatic carbocycles. The Balaban J connectivity index is 2.89. The van der Waals surface area contributed by atoms with Crippen molar-refractivity contribution in [3.05, 3.63) is 40.3 Å². The fraction of sp³-hybridized carbons (Fsp3) is 0.250. The molecule has 0 N–H and O–H groups in total. The van der Waals surface area contributed by atoms with E-state index in [2.05, 4.69) is 18.7 Å². The third kappa shape index (κ3) is 1.51. The van der Waals surface area contributed by atoms with E-state index in [0.717, 1.165) is 10.9 Å². The van der Waals surface area contributed by atoms with Gasteiger partial charge in [0.2, 0.25) is 5.69 Å². The summed E-state index contributed by atoms with van der Waals surface area (Å²) in [4.78, 5) is 3.44. The Kier molecular flexibility index (Phi) is 2.45. The molecule has 2 rings (SSSR count). The minimum Gasteiger partial charge on any atom is -0.237 e. The average molecular weight is 219 g/mol. The summed E-state index contributed by atoms with van der Waals surface area (Å²) < 4.78 is 14.1. The van der Waals surface area contributed by atoms with Crippen LogP contribution in [0.5, 0.6) is 0 Å². The van der Waals surface area contributed by atoms with Crippen LogP contribution in [-0.2, 0) is 0 Å². The SMILES string of the molecule is [C-]#[N+]c1csc2c(F)ccc(C(C)C)c12. The molecule has 0 radical (unpaired) electrons. The summed E-state index contributed by atoms with van der Waals surface area (Å²) in [6.45, 7) is 11.2. The summed E-state index contributed by atoms with van der Waals surface area (Å²) in [5.74, 6) is 0.0810. The summed E-state index contributed by atoms with van der Waals surface area (Å²) in [5.41, 5.74) is 1.62. The van der Waals surface area contributed by atoms with E-state index in [1.807, 2.05) is 0 Å². The van der Waals surface area contributed by atoms with E-state index in [1.54, 1.807) is 11.4 Å². The molecule has 0 saturated carbocycles. The fourth-order valence-corrected chi connectivity index (χ4v) is 2.61. The van der Waals surface area contributed by atoms with Gasteiger partial charge < -0.3 is 0 Å². The molecule has 0 spiro atoms. The Labute approximate surface area is 92.0 Å². The van der Waals surface area contributed by atoms with Crippen LogP contribution in [0, 0.1) is 12.4 Å². The van der Waals surface area contributed by atoms with Crippen LogP contribution in [0.15, 0.2) is 17.5 Å². The van der Waals surface area contributed by atoms with Crippen LogP contribution in [0.25, 0.3) is 14.9 Å². The molecular formula is C12H10FNS. The Bertz CT molecular complexity index is 548. The first kappa shape index (κ1) is 10.1. The van der Waals surface area contributed by atoms with Crippen LogP contribution >= 0.6 is 11.3 Å². The van der Waals surface area contributed by atoms with Gasteiger partial charge in [-0.2, -0.15) is 11.3 Å². The number of nitrogens with zero attached hydrogens (tertiary/aromatic N) is 1. The van der Waals surface area contributed by atoms with Gasteiger partial charge in [0.25, 0.3) is 0 Å². The maximum absolute atomic E-state index is 13.5. The van der Waals surface area contributed by atoms with Crippen LogP contribution in [0.2, 0.25) is 0 Å². The second kappa shape index (κ2) is 3.63. The van der Waals surface area contributed by atoms with E-state index in [-0.39, 0.29) is 5.82 Å². The van der Waals surface area contributed by atoms with Crippen LogP contribution in [0.4, 0.5) is 10.1 Å². The third-order valence-corrected chi connectivity index (χ3v) is 3.40. The van der Waals surface area contributed by atoms with Gasteiger partial charge in [0.15, 0.2) is 0 Å². The van der Waals surface area contributed by atoms with Gasteiger partial charge in [0, 0.05) is 5.39 Å². The number of hydrogen-bond acceptors (Lipinski definition) is 1. The highest BCUT2D eigenvalue weighted by atomic mass is 32.1. The molecule has 0 aliphatic rings. The molecule has 0 atom stereocenters. The van der Waals surface area contributed by atoms with Crippen LogP contribution in [0.1, 0.15) is 25.3 Å². The molecule has 0 saturated heterocycles. The van der Waals surface area contributed by atoms with Gasteiger partial charge in [0.1, 0.15) is 5.82 Å². The predicted octanol–water partition coefficient (Wildman–Crippen LogP) is 4.71. The minimum absolute atomic E-state index is 0.227. The molecule has 1 aromatic carbocycles. The van der Waals surface area contributed by atoms with Gasteiger partial charge in [-0.1, -0.05) is 19.9 Å². The van der Waals surface area contributed by atoms with Crippen LogP contribution in [0.3, 0.4) is 0 Å². The lowest BCUT2D eigenvalue weighted by molar-refractivity contribution is 0.641. The maximum Gasteiger partial charge on any atom is 0.205 e. The number of thiophene rings is 1. The summed E-state index contributed by atoms with van der Waals surface area (Å²) in [7, 11) is 0. The zero-order valence-electron chi connectivity index (χ0n) is 8.54. The van der Waals surface area contributed by atoms with E-state index < -0.39 is 0 Å². The second-order valence-electron chi connectivity index (χ2n) is 3.73. The summed E-state index contributed by atoms with van der Waals surface area (Å²) in [6.07, 6.45) is 0. The highest BCUT2D eigenvalue weighted by Gasteiger charge is 2.14. The molecule has 3 heteroatoms. The first-order valence-corrected chi connectivity index (χ1v) is 5.60. The number of benzene rings is 1. The monoisotopic (exact) mass is 219 g/mol. The minimum atomic E-state index is -0.227. The summed E-state index contributed by atoms with van der Waals surface area (Å²) in [5, 5.41) is 2.53. The largest absolute Gasteiger partial charge is 0.237 e. The predicted molar refractivity (Wildman–Crippen MR) is 62.1 cm³/mol. The quantitative estimate of drug-likeness (QED) is 0.611. The zero-order chi connectivity index (χ0) is 11.0. The summed E-state index contributed by atoms with van der Waals surface area (Å²) >= 11 is 1.31. The van der Waals surface area contributed by atoms with Crippen molar-refractivity contribution in [1.29, 1.82) is 0 Å². The van der Waals surface area contributed by atoms with Gasteiger partial charge in [-0.25, -0.2) is 9.24 Å². The topological polar surface area (TPSA) is 4.36 Å². The molecule has 0 amide bonds. The fourth-order valence-electron chi connectivity index (χ4n) is 1.69. The normalized spacial score (nSPS) is 10.9. The van der Waals surface area contributed by atoms with Crippen LogP contribution < -0.4 is 0 Å².